The van der Waals surface area contributed by atoms with Gasteiger partial charge in [-0.05, 0) is 12.8 Å². The van der Waals surface area contributed by atoms with Crippen molar-refractivity contribution in [1.82, 2.24) is 14.8 Å². The Labute approximate surface area is 100 Å². The molecule has 6 heteroatoms. The summed E-state index contributed by atoms with van der Waals surface area (Å²) in [4.78, 5) is 4.61. The third kappa shape index (κ3) is 1.86. The lowest BCUT2D eigenvalue weighted by Crippen LogP contribution is -2.41. The van der Waals surface area contributed by atoms with E-state index in [1.165, 1.54) is 0 Å². The van der Waals surface area contributed by atoms with Crippen molar-refractivity contribution in [3.8, 4) is 0 Å². The molecule has 0 atom stereocenters. The van der Waals surface area contributed by atoms with E-state index in [9.17, 15) is 0 Å². The van der Waals surface area contributed by atoms with Gasteiger partial charge in [0.05, 0.1) is 13.2 Å². The SMILES string of the molecule is NCC1(c2nc3n(n2)CCOC3)CCOCC1. The summed E-state index contributed by atoms with van der Waals surface area (Å²) in [6, 6.07) is 0. The number of hydrogen-bond acceptors (Lipinski definition) is 5. The molecule has 3 rings (SSSR count). The van der Waals surface area contributed by atoms with E-state index in [1.807, 2.05) is 4.68 Å². The number of fused-ring (bicyclic) bond motifs is 1. The van der Waals surface area contributed by atoms with Crippen LogP contribution in [0.1, 0.15) is 24.5 Å². The zero-order chi connectivity index (χ0) is 11.7. The standard InChI is InChI=1S/C11H18N4O2/c12-8-11(1-4-16-5-2-11)10-13-9-7-17-6-3-15(9)14-10/h1-8,12H2. The van der Waals surface area contributed by atoms with Gasteiger partial charge in [-0.15, -0.1) is 0 Å². The highest BCUT2D eigenvalue weighted by atomic mass is 16.5. The van der Waals surface area contributed by atoms with Crippen LogP contribution in [0.5, 0.6) is 0 Å². The average Bonchev–Trinajstić information content (AvgIpc) is 2.84. The number of rotatable bonds is 2. The highest BCUT2D eigenvalue weighted by molar-refractivity contribution is 5.11. The fraction of sp³-hybridized carbons (Fsp3) is 0.818. The van der Waals surface area contributed by atoms with Gasteiger partial charge in [-0.2, -0.15) is 5.10 Å². The quantitative estimate of drug-likeness (QED) is 0.773. The van der Waals surface area contributed by atoms with Crippen molar-refractivity contribution in [2.24, 2.45) is 5.73 Å². The Bertz CT molecular complexity index is 375. The van der Waals surface area contributed by atoms with E-state index >= 15 is 0 Å². The molecule has 0 bridgehead atoms. The lowest BCUT2D eigenvalue weighted by Gasteiger charge is -2.33. The second-order valence-corrected chi connectivity index (χ2v) is 4.72. The van der Waals surface area contributed by atoms with E-state index in [2.05, 4.69) is 10.1 Å². The van der Waals surface area contributed by atoms with Gasteiger partial charge in [0.1, 0.15) is 6.61 Å². The molecule has 1 saturated heterocycles. The largest absolute Gasteiger partial charge is 0.381 e. The maximum atomic E-state index is 5.95. The van der Waals surface area contributed by atoms with Crippen molar-refractivity contribution in [2.75, 3.05) is 26.4 Å². The predicted octanol–water partition coefficient (Wildman–Crippen LogP) is -0.185. The third-order valence-corrected chi connectivity index (χ3v) is 3.74. The van der Waals surface area contributed by atoms with Gasteiger partial charge in [-0.25, -0.2) is 9.67 Å². The monoisotopic (exact) mass is 238 g/mol. The maximum absolute atomic E-state index is 5.95. The van der Waals surface area contributed by atoms with E-state index in [-0.39, 0.29) is 5.41 Å². The molecule has 1 fully saturated rings. The van der Waals surface area contributed by atoms with Crippen LogP contribution in [-0.4, -0.2) is 41.1 Å². The van der Waals surface area contributed by atoms with Crippen LogP contribution in [0.15, 0.2) is 0 Å². The van der Waals surface area contributed by atoms with Gasteiger partial charge >= 0.3 is 0 Å². The number of ether oxygens (including phenoxy) is 2. The molecule has 2 aliphatic heterocycles. The van der Waals surface area contributed by atoms with Gasteiger partial charge in [-0.3, -0.25) is 0 Å². The van der Waals surface area contributed by atoms with Crippen LogP contribution < -0.4 is 5.73 Å². The smallest absolute Gasteiger partial charge is 0.158 e. The van der Waals surface area contributed by atoms with E-state index in [4.69, 9.17) is 15.2 Å². The lowest BCUT2D eigenvalue weighted by molar-refractivity contribution is 0.0498. The topological polar surface area (TPSA) is 75.2 Å². The van der Waals surface area contributed by atoms with E-state index in [0.29, 0.717) is 19.8 Å². The highest BCUT2D eigenvalue weighted by Crippen LogP contribution is 2.32. The minimum atomic E-state index is -0.0947. The molecule has 0 aromatic carbocycles. The van der Waals surface area contributed by atoms with Crippen LogP contribution >= 0.6 is 0 Å². The summed E-state index contributed by atoms with van der Waals surface area (Å²) in [6.07, 6.45) is 1.82. The van der Waals surface area contributed by atoms with Gasteiger partial charge in [0.25, 0.3) is 0 Å². The molecule has 17 heavy (non-hydrogen) atoms. The van der Waals surface area contributed by atoms with Crippen molar-refractivity contribution < 1.29 is 9.47 Å². The summed E-state index contributed by atoms with van der Waals surface area (Å²) in [5.74, 6) is 1.80. The summed E-state index contributed by atoms with van der Waals surface area (Å²) < 4.78 is 12.7. The molecular weight excluding hydrogens is 220 g/mol. The summed E-state index contributed by atoms with van der Waals surface area (Å²) in [7, 11) is 0. The van der Waals surface area contributed by atoms with Gasteiger partial charge in [0.15, 0.2) is 11.6 Å². The van der Waals surface area contributed by atoms with Crippen molar-refractivity contribution in [2.45, 2.75) is 31.4 Å². The molecule has 0 unspecified atom stereocenters. The highest BCUT2D eigenvalue weighted by Gasteiger charge is 2.37. The van der Waals surface area contributed by atoms with E-state index < -0.39 is 0 Å². The first-order valence-electron chi connectivity index (χ1n) is 6.14. The minimum absolute atomic E-state index is 0.0947. The van der Waals surface area contributed by atoms with Gasteiger partial charge in [0, 0.05) is 25.2 Å². The number of nitrogens with two attached hydrogens (primary N) is 1. The molecule has 0 spiro atoms. The minimum Gasteiger partial charge on any atom is -0.381 e. The fourth-order valence-electron chi connectivity index (χ4n) is 2.48. The fourth-order valence-corrected chi connectivity index (χ4v) is 2.48. The predicted molar refractivity (Wildman–Crippen MR) is 60.5 cm³/mol. The molecule has 1 aromatic rings. The molecule has 2 N–H and O–H groups in total. The molecule has 3 heterocycles. The summed E-state index contributed by atoms with van der Waals surface area (Å²) >= 11 is 0. The Kier molecular flexibility index (Phi) is 2.85. The van der Waals surface area contributed by atoms with Crippen LogP contribution in [0, 0.1) is 0 Å². The van der Waals surface area contributed by atoms with Crippen LogP contribution in [0.3, 0.4) is 0 Å². The first-order valence-corrected chi connectivity index (χ1v) is 6.14. The van der Waals surface area contributed by atoms with Gasteiger partial charge < -0.3 is 15.2 Å². The zero-order valence-electron chi connectivity index (χ0n) is 9.89. The van der Waals surface area contributed by atoms with Crippen molar-refractivity contribution in [3.63, 3.8) is 0 Å². The second kappa shape index (κ2) is 4.36. The Morgan fingerprint density at radius 1 is 1.24 bits per heavy atom. The van der Waals surface area contributed by atoms with Crippen LogP contribution in [0.25, 0.3) is 0 Å². The molecule has 0 aliphatic carbocycles. The van der Waals surface area contributed by atoms with Gasteiger partial charge in [-0.1, -0.05) is 0 Å². The first-order chi connectivity index (χ1) is 8.34. The lowest BCUT2D eigenvalue weighted by atomic mass is 9.79. The molecule has 0 radical (unpaired) electrons. The van der Waals surface area contributed by atoms with E-state index in [1.54, 1.807) is 0 Å². The molecule has 0 saturated carbocycles. The number of hydrogen-bond donors (Lipinski definition) is 1. The van der Waals surface area contributed by atoms with Crippen LogP contribution in [0.4, 0.5) is 0 Å². The normalized spacial score (nSPS) is 23.4. The van der Waals surface area contributed by atoms with Crippen molar-refractivity contribution in [1.29, 1.82) is 0 Å². The molecule has 94 valence electrons. The summed E-state index contributed by atoms with van der Waals surface area (Å²) in [5, 5.41) is 4.61. The molecule has 6 nitrogen and oxygen atoms in total. The van der Waals surface area contributed by atoms with Crippen LogP contribution in [0.2, 0.25) is 0 Å². The third-order valence-electron chi connectivity index (χ3n) is 3.74. The maximum Gasteiger partial charge on any atom is 0.158 e. The zero-order valence-corrected chi connectivity index (χ0v) is 9.89. The Morgan fingerprint density at radius 2 is 2.06 bits per heavy atom. The molecular formula is C11H18N4O2. The van der Waals surface area contributed by atoms with Crippen LogP contribution in [-0.2, 0) is 28.0 Å². The molecule has 2 aliphatic rings. The van der Waals surface area contributed by atoms with E-state index in [0.717, 1.165) is 44.2 Å². The number of nitrogens with zero attached hydrogens (tertiary/aromatic N) is 3. The van der Waals surface area contributed by atoms with Crippen molar-refractivity contribution in [3.05, 3.63) is 11.6 Å². The Morgan fingerprint density at radius 3 is 2.76 bits per heavy atom. The van der Waals surface area contributed by atoms with Gasteiger partial charge in [0.2, 0.25) is 0 Å². The Hall–Kier alpha value is -0.980. The average molecular weight is 238 g/mol. The second-order valence-electron chi connectivity index (χ2n) is 4.72. The number of aromatic nitrogens is 3. The summed E-state index contributed by atoms with van der Waals surface area (Å²) in [5.41, 5.74) is 5.86. The molecule has 1 aromatic heterocycles. The van der Waals surface area contributed by atoms with Crippen molar-refractivity contribution >= 4 is 0 Å². The summed E-state index contributed by atoms with van der Waals surface area (Å²) in [6.45, 7) is 4.15. The molecule has 0 amide bonds. The first kappa shape index (κ1) is 11.1. The Balaban J connectivity index is 1.93.